The van der Waals surface area contributed by atoms with Crippen molar-refractivity contribution in [3.05, 3.63) is 0 Å². The predicted molar refractivity (Wildman–Crippen MR) is 60.7 cm³/mol. The molecule has 0 spiro atoms. The zero-order chi connectivity index (χ0) is 10.7. The van der Waals surface area contributed by atoms with Crippen molar-refractivity contribution in [2.24, 2.45) is 5.92 Å². The quantitative estimate of drug-likeness (QED) is 0.719. The van der Waals surface area contributed by atoms with Crippen LogP contribution in [0.3, 0.4) is 0 Å². The first kappa shape index (κ1) is 10.8. The Kier molecular flexibility index (Phi) is 3.49. The summed E-state index contributed by atoms with van der Waals surface area (Å²) in [5.74, 6) is 0.888. The van der Waals surface area contributed by atoms with E-state index in [1.54, 1.807) is 0 Å². The van der Waals surface area contributed by atoms with Crippen LogP contribution in [-0.2, 0) is 0 Å². The molecule has 86 valence electrons. The number of rotatable bonds is 5. The van der Waals surface area contributed by atoms with Gasteiger partial charge in [0, 0.05) is 12.1 Å². The molecule has 0 aromatic heterocycles. The van der Waals surface area contributed by atoms with Gasteiger partial charge in [-0.15, -0.1) is 0 Å². The van der Waals surface area contributed by atoms with Gasteiger partial charge in [-0.1, -0.05) is 19.8 Å². The topological polar surface area (TPSA) is 41.1 Å². The Morgan fingerprint density at radius 2 is 2.07 bits per heavy atom. The van der Waals surface area contributed by atoms with Crippen molar-refractivity contribution in [1.29, 1.82) is 0 Å². The number of carbonyl (C=O) groups is 1. The molecule has 3 nitrogen and oxygen atoms in total. The van der Waals surface area contributed by atoms with Gasteiger partial charge in [-0.05, 0) is 38.0 Å². The van der Waals surface area contributed by atoms with E-state index in [-0.39, 0.29) is 6.03 Å². The summed E-state index contributed by atoms with van der Waals surface area (Å²) in [6.45, 7) is 2.15. The first-order valence-electron chi connectivity index (χ1n) is 6.35. The number of hydrogen-bond donors (Lipinski definition) is 2. The van der Waals surface area contributed by atoms with E-state index in [9.17, 15) is 4.79 Å². The molecule has 0 aliphatic heterocycles. The molecule has 0 bridgehead atoms. The lowest BCUT2D eigenvalue weighted by molar-refractivity contribution is 0.223. The minimum atomic E-state index is 0.0483. The fraction of sp³-hybridized carbons (Fsp3) is 0.917. The number of carbonyl (C=O) groups excluding carboxylic acids is 1. The summed E-state index contributed by atoms with van der Waals surface area (Å²) in [4.78, 5) is 11.6. The van der Waals surface area contributed by atoms with Gasteiger partial charge in [0.15, 0.2) is 0 Å². The van der Waals surface area contributed by atoms with Crippen molar-refractivity contribution >= 4 is 6.03 Å². The summed E-state index contributed by atoms with van der Waals surface area (Å²) in [5.41, 5.74) is 0. The van der Waals surface area contributed by atoms with Crippen LogP contribution in [0.15, 0.2) is 0 Å². The van der Waals surface area contributed by atoms with Crippen LogP contribution < -0.4 is 10.6 Å². The summed E-state index contributed by atoms with van der Waals surface area (Å²) >= 11 is 0. The average molecular weight is 210 g/mol. The fourth-order valence-corrected chi connectivity index (χ4v) is 2.05. The standard InChI is InChI=1S/C12H22N2O/c1-2-10(8-9-6-7-9)13-12(15)14-11-4-3-5-11/h9-11H,2-8H2,1H3,(H2,13,14,15). The van der Waals surface area contributed by atoms with Gasteiger partial charge in [-0.3, -0.25) is 0 Å². The highest BCUT2D eigenvalue weighted by Gasteiger charge is 2.26. The second kappa shape index (κ2) is 4.86. The smallest absolute Gasteiger partial charge is 0.315 e. The Labute approximate surface area is 92.0 Å². The molecule has 2 N–H and O–H groups in total. The van der Waals surface area contributed by atoms with E-state index in [1.165, 1.54) is 25.7 Å². The molecule has 0 aromatic rings. The molecular formula is C12H22N2O. The third-order valence-electron chi connectivity index (χ3n) is 3.58. The summed E-state index contributed by atoms with van der Waals surface area (Å²) in [6, 6.07) is 0.883. The second-order valence-electron chi connectivity index (χ2n) is 5.03. The Bertz CT molecular complexity index is 222. The summed E-state index contributed by atoms with van der Waals surface area (Å²) in [5, 5.41) is 6.11. The van der Waals surface area contributed by atoms with E-state index in [4.69, 9.17) is 0 Å². The largest absolute Gasteiger partial charge is 0.335 e. The van der Waals surface area contributed by atoms with E-state index < -0.39 is 0 Å². The molecule has 2 rings (SSSR count). The van der Waals surface area contributed by atoms with Crippen molar-refractivity contribution in [2.45, 2.75) is 64.0 Å². The molecule has 2 saturated carbocycles. The van der Waals surface area contributed by atoms with Gasteiger partial charge in [-0.25, -0.2) is 4.79 Å². The molecule has 0 heterocycles. The van der Waals surface area contributed by atoms with Crippen LogP contribution in [0.25, 0.3) is 0 Å². The minimum absolute atomic E-state index is 0.0483. The SMILES string of the molecule is CCC(CC1CC1)NC(=O)NC1CCC1. The normalized spacial score (nSPS) is 23.0. The van der Waals surface area contributed by atoms with Gasteiger partial charge in [0.25, 0.3) is 0 Å². The van der Waals surface area contributed by atoms with Crippen LogP contribution in [-0.4, -0.2) is 18.1 Å². The van der Waals surface area contributed by atoms with Crippen LogP contribution in [0.2, 0.25) is 0 Å². The molecule has 15 heavy (non-hydrogen) atoms. The molecule has 1 atom stereocenters. The maximum Gasteiger partial charge on any atom is 0.315 e. The van der Waals surface area contributed by atoms with Gasteiger partial charge in [0.1, 0.15) is 0 Å². The van der Waals surface area contributed by atoms with Crippen LogP contribution in [0.4, 0.5) is 4.79 Å². The molecular weight excluding hydrogens is 188 g/mol. The summed E-state index contributed by atoms with van der Waals surface area (Å²) in [7, 11) is 0. The van der Waals surface area contributed by atoms with Crippen molar-refractivity contribution in [3.63, 3.8) is 0 Å². The van der Waals surface area contributed by atoms with Crippen LogP contribution in [0, 0.1) is 5.92 Å². The van der Waals surface area contributed by atoms with E-state index in [2.05, 4.69) is 17.6 Å². The van der Waals surface area contributed by atoms with E-state index >= 15 is 0 Å². The van der Waals surface area contributed by atoms with Crippen LogP contribution in [0.1, 0.15) is 51.9 Å². The number of urea groups is 1. The third-order valence-corrected chi connectivity index (χ3v) is 3.58. The summed E-state index contributed by atoms with van der Waals surface area (Å²) in [6.07, 6.45) is 8.54. The first-order valence-corrected chi connectivity index (χ1v) is 6.35. The lowest BCUT2D eigenvalue weighted by atomic mass is 9.93. The molecule has 2 aliphatic carbocycles. The maximum atomic E-state index is 11.6. The van der Waals surface area contributed by atoms with Gasteiger partial charge < -0.3 is 10.6 Å². The maximum absolute atomic E-state index is 11.6. The highest BCUT2D eigenvalue weighted by atomic mass is 16.2. The van der Waals surface area contributed by atoms with Gasteiger partial charge in [0.05, 0.1) is 0 Å². The lowest BCUT2D eigenvalue weighted by Gasteiger charge is -2.27. The monoisotopic (exact) mass is 210 g/mol. The van der Waals surface area contributed by atoms with Gasteiger partial charge in [-0.2, -0.15) is 0 Å². The summed E-state index contributed by atoms with van der Waals surface area (Å²) < 4.78 is 0. The number of nitrogens with one attached hydrogen (secondary N) is 2. The highest BCUT2D eigenvalue weighted by Crippen LogP contribution is 2.34. The Hall–Kier alpha value is -0.730. The second-order valence-corrected chi connectivity index (χ2v) is 5.03. The van der Waals surface area contributed by atoms with E-state index in [1.807, 2.05) is 0 Å². The van der Waals surface area contributed by atoms with Crippen LogP contribution >= 0.6 is 0 Å². The Balaban J connectivity index is 1.65. The minimum Gasteiger partial charge on any atom is -0.335 e. The van der Waals surface area contributed by atoms with Crippen molar-refractivity contribution in [1.82, 2.24) is 10.6 Å². The molecule has 2 fully saturated rings. The number of amides is 2. The third kappa shape index (κ3) is 3.40. The van der Waals surface area contributed by atoms with E-state index in [0.29, 0.717) is 12.1 Å². The van der Waals surface area contributed by atoms with Crippen molar-refractivity contribution in [3.8, 4) is 0 Å². The van der Waals surface area contributed by atoms with Gasteiger partial charge >= 0.3 is 6.03 Å². The van der Waals surface area contributed by atoms with Crippen molar-refractivity contribution in [2.75, 3.05) is 0 Å². The fourth-order valence-electron chi connectivity index (χ4n) is 2.05. The van der Waals surface area contributed by atoms with Crippen LogP contribution in [0.5, 0.6) is 0 Å². The average Bonchev–Trinajstić information content (AvgIpc) is 2.94. The van der Waals surface area contributed by atoms with E-state index in [0.717, 1.165) is 25.2 Å². The van der Waals surface area contributed by atoms with Crippen molar-refractivity contribution < 1.29 is 4.79 Å². The number of hydrogen-bond acceptors (Lipinski definition) is 1. The molecule has 3 heteroatoms. The zero-order valence-corrected chi connectivity index (χ0v) is 9.59. The first-order chi connectivity index (χ1) is 7.28. The highest BCUT2D eigenvalue weighted by molar-refractivity contribution is 5.74. The predicted octanol–water partition coefficient (Wildman–Crippen LogP) is 2.42. The Morgan fingerprint density at radius 1 is 1.33 bits per heavy atom. The Morgan fingerprint density at radius 3 is 2.53 bits per heavy atom. The molecule has 1 unspecified atom stereocenters. The van der Waals surface area contributed by atoms with Gasteiger partial charge in [0.2, 0.25) is 0 Å². The molecule has 0 aromatic carbocycles. The molecule has 2 aliphatic rings. The molecule has 0 radical (unpaired) electrons. The zero-order valence-electron chi connectivity index (χ0n) is 9.59. The molecule has 0 saturated heterocycles. The molecule has 2 amide bonds. The lowest BCUT2D eigenvalue weighted by Crippen LogP contribution is -2.48.